The van der Waals surface area contributed by atoms with Crippen molar-refractivity contribution in [2.24, 2.45) is 0 Å². The van der Waals surface area contributed by atoms with E-state index >= 15 is 0 Å². The molecule has 0 aliphatic carbocycles. The van der Waals surface area contributed by atoms with Gasteiger partial charge >= 0.3 is 0 Å². The van der Waals surface area contributed by atoms with Crippen molar-refractivity contribution in [3.05, 3.63) is 63.4 Å². The lowest BCUT2D eigenvalue weighted by molar-refractivity contribution is 0.619. The van der Waals surface area contributed by atoms with Crippen LogP contribution in [-0.2, 0) is 6.54 Å². The molecule has 0 aliphatic rings. The molecule has 0 radical (unpaired) electrons. The normalized spacial score (nSPS) is 10.4. The molecule has 0 amide bonds. The average molecular weight is 308 g/mol. The number of anilines is 1. The third kappa shape index (κ3) is 3.10. The maximum Gasteiger partial charge on any atom is 0.137 e. The van der Waals surface area contributed by atoms with E-state index in [9.17, 15) is 4.39 Å². The summed E-state index contributed by atoms with van der Waals surface area (Å²) < 4.78 is 13.9. The maximum absolute atomic E-state index is 13.4. The van der Waals surface area contributed by atoms with Crippen LogP contribution in [0.2, 0.25) is 0 Å². The van der Waals surface area contributed by atoms with Crippen molar-refractivity contribution in [3.8, 4) is 0 Å². The molecule has 0 saturated heterocycles. The highest BCUT2D eigenvalue weighted by Gasteiger charge is 2.02. The van der Waals surface area contributed by atoms with Crippen molar-refractivity contribution in [3.63, 3.8) is 0 Å². The standard InChI is InChI=1S/C15H15BrFN/c1-10-3-6-15(11(2)7-10)18-9-12-4-5-13(16)14(17)8-12/h3-8,18H,9H2,1-2H3. The van der Waals surface area contributed by atoms with Crippen LogP contribution >= 0.6 is 15.9 Å². The fourth-order valence-electron chi connectivity index (χ4n) is 1.86. The van der Waals surface area contributed by atoms with Gasteiger partial charge in [-0.1, -0.05) is 23.8 Å². The molecular weight excluding hydrogens is 293 g/mol. The average Bonchev–Trinajstić information content (AvgIpc) is 2.32. The topological polar surface area (TPSA) is 12.0 Å². The molecular formula is C15H15BrFN. The van der Waals surface area contributed by atoms with E-state index in [0.717, 1.165) is 11.3 Å². The number of nitrogens with one attached hydrogen (secondary N) is 1. The molecule has 0 spiro atoms. The summed E-state index contributed by atoms with van der Waals surface area (Å²) in [5.41, 5.74) is 4.46. The molecule has 2 aromatic rings. The minimum atomic E-state index is -0.227. The molecule has 0 saturated carbocycles. The Balaban J connectivity index is 2.09. The first kappa shape index (κ1) is 13.1. The van der Waals surface area contributed by atoms with Crippen molar-refractivity contribution in [2.75, 3.05) is 5.32 Å². The molecule has 0 aromatic heterocycles. The largest absolute Gasteiger partial charge is 0.381 e. The molecule has 1 nitrogen and oxygen atoms in total. The zero-order chi connectivity index (χ0) is 13.1. The lowest BCUT2D eigenvalue weighted by atomic mass is 10.1. The van der Waals surface area contributed by atoms with Crippen molar-refractivity contribution < 1.29 is 4.39 Å². The molecule has 0 fully saturated rings. The highest BCUT2D eigenvalue weighted by molar-refractivity contribution is 9.10. The second-order valence-corrected chi connectivity index (χ2v) is 5.27. The van der Waals surface area contributed by atoms with E-state index in [4.69, 9.17) is 0 Å². The maximum atomic E-state index is 13.4. The lowest BCUT2D eigenvalue weighted by Gasteiger charge is -2.10. The van der Waals surface area contributed by atoms with Gasteiger partial charge < -0.3 is 5.32 Å². The van der Waals surface area contributed by atoms with Crippen molar-refractivity contribution in [2.45, 2.75) is 20.4 Å². The van der Waals surface area contributed by atoms with E-state index in [0.29, 0.717) is 11.0 Å². The number of benzene rings is 2. The fourth-order valence-corrected chi connectivity index (χ4v) is 2.11. The number of aryl methyl sites for hydroxylation is 2. The van der Waals surface area contributed by atoms with Crippen LogP contribution in [0, 0.1) is 19.7 Å². The van der Waals surface area contributed by atoms with Gasteiger partial charge in [0.15, 0.2) is 0 Å². The second-order valence-electron chi connectivity index (χ2n) is 4.42. The predicted octanol–water partition coefficient (Wildman–Crippen LogP) is 4.82. The molecule has 0 aliphatic heterocycles. The first-order valence-electron chi connectivity index (χ1n) is 5.81. The zero-order valence-corrected chi connectivity index (χ0v) is 12.0. The van der Waals surface area contributed by atoms with Crippen molar-refractivity contribution >= 4 is 21.6 Å². The lowest BCUT2D eigenvalue weighted by Crippen LogP contribution is -2.01. The third-order valence-corrected chi connectivity index (χ3v) is 3.49. The molecule has 18 heavy (non-hydrogen) atoms. The molecule has 94 valence electrons. The summed E-state index contributed by atoms with van der Waals surface area (Å²) in [4.78, 5) is 0. The highest BCUT2D eigenvalue weighted by Crippen LogP contribution is 2.19. The Morgan fingerprint density at radius 3 is 2.56 bits per heavy atom. The highest BCUT2D eigenvalue weighted by atomic mass is 79.9. The smallest absolute Gasteiger partial charge is 0.137 e. The third-order valence-electron chi connectivity index (χ3n) is 2.85. The molecule has 0 bridgehead atoms. The summed E-state index contributed by atoms with van der Waals surface area (Å²) in [6, 6.07) is 11.4. The van der Waals surface area contributed by atoms with Gasteiger partial charge in [-0.15, -0.1) is 0 Å². The molecule has 0 atom stereocenters. The second kappa shape index (κ2) is 5.53. The Kier molecular flexibility index (Phi) is 4.02. The Labute approximate surface area is 115 Å². The van der Waals surface area contributed by atoms with Crippen LogP contribution in [0.5, 0.6) is 0 Å². The van der Waals surface area contributed by atoms with E-state index in [1.807, 2.05) is 6.07 Å². The van der Waals surface area contributed by atoms with Gasteiger partial charge in [-0.2, -0.15) is 0 Å². The van der Waals surface area contributed by atoms with E-state index in [1.54, 1.807) is 12.1 Å². The van der Waals surface area contributed by atoms with Gasteiger partial charge in [-0.05, 0) is 59.1 Å². The fraction of sp³-hybridized carbons (Fsp3) is 0.200. The predicted molar refractivity (Wildman–Crippen MR) is 77.3 cm³/mol. The molecule has 3 heteroatoms. The van der Waals surface area contributed by atoms with Gasteiger partial charge in [0.2, 0.25) is 0 Å². The summed E-state index contributed by atoms with van der Waals surface area (Å²) in [6.45, 7) is 4.76. The van der Waals surface area contributed by atoms with Gasteiger partial charge in [0.1, 0.15) is 5.82 Å². The van der Waals surface area contributed by atoms with Crippen LogP contribution in [0.15, 0.2) is 40.9 Å². The van der Waals surface area contributed by atoms with Crippen molar-refractivity contribution in [1.82, 2.24) is 0 Å². The molecule has 0 heterocycles. The number of hydrogen-bond acceptors (Lipinski definition) is 1. The van der Waals surface area contributed by atoms with Crippen molar-refractivity contribution in [1.29, 1.82) is 0 Å². The summed E-state index contributed by atoms with van der Waals surface area (Å²) in [6.07, 6.45) is 0. The van der Waals surface area contributed by atoms with Crippen LogP contribution in [0.1, 0.15) is 16.7 Å². The Morgan fingerprint density at radius 1 is 1.11 bits per heavy atom. The summed E-state index contributed by atoms with van der Waals surface area (Å²) in [5.74, 6) is -0.227. The van der Waals surface area contributed by atoms with Crippen LogP contribution in [0.4, 0.5) is 10.1 Å². The van der Waals surface area contributed by atoms with Crippen LogP contribution in [0.25, 0.3) is 0 Å². The molecule has 1 N–H and O–H groups in total. The van der Waals surface area contributed by atoms with Crippen LogP contribution in [-0.4, -0.2) is 0 Å². The quantitative estimate of drug-likeness (QED) is 0.857. The van der Waals surface area contributed by atoms with E-state index in [1.165, 1.54) is 11.1 Å². The number of halogens is 2. The van der Waals surface area contributed by atoms with Gasteiger partial charge in [0.25, 0.3) is 0 Å². The van der Waals surface area contributed by atoms with Gasteiger partial charge in [-0.25, -0.2) is 4.39 Å². The monoisotopic (exact) mass is 307 g/mol. The van der Waals surface area contributed by atoms with Gasteiger partial charge in [0.05, 0.1) is 4.47 Å². The van der Waals surface area contributed by atoms with Gasteiger partial charge in [0, 0.05) is 12.2 Å². The Bertz CT molecular complexity index is 566. The SMILES string of the molecule is Cc1ccc(NCc2ccc(Br)c(F)c2)c(C)c1. The molecule has 0 unspecified atom stereocenters. The number of hydrogen-bond donors (Lipinski definition) is 1. The summed E-state index contributed by atoms with van der Waals surface area (Å²) in [7, 11) is 0. The van der Waals surface area contributed by atoms with E-state index in [-0.39, 0.29) is 5.82 Å². The van der Waals surface area contributed by atoms with E-state index in [2.05, 4.69) is 53.3 Å². The summed E-state index contributed by atoms with van der Waals surface area (Å²) in [5, 5.41) is 3.32. The Morgan fingerprint density at radius 2 is 1.89 bits per heavy atom. The summed E-state index contributed by atoms with van der Waals surface area (Å²) >= 11 is 3.15. The minimum absolute atomic E-state index is 0.227. The van der Waals surface area contributed by atoms with Crippen LogP contribution in [0.3, 0.4) is 0 Å². The number of rotatable bonds is 3. The minimum Gasteiger partial charge on any atom is -0.381 e. The zero-order valence-electron chi connectivity index (χ0n) is 10.4. The molecule has 2 rings (SSSR count). The van der Waals surface area contributed by atoms with Gasteiger partial charge in [-0.3, -0.25) is 0 Å². The van der Waals surface area contributed by atoms with E-state index < -0.39 is 0 Å². The first-order valence-corrected chi connectivity index (χ1v) is 6.60. The Hall–Kier alpha value is -1.35. The molecule has 2 aromatic carbocycles. The van der Waals surface area contributed by atoms with Crippen LogP contribution < -0.4 is 5.32 Å². The first-order chi connectivity index (χ1) is 8.56.